The molecular weight excluding hydrogens is 254 g/mol. The van der Waals surface area contributed by atoms with Gasteiger partial charge in [0.2, 0.25) is 0 Å². The number of hydrogen-bond donors (Lipinski definition) is 2. The van der Waals surface area contributed by atoms with Gasteiger partial charge < -0.3 is 19.7 Å². The fourth-order valence-electron chi connectivity index (χ4n) is 2.55. The van der Waals surface area contributed by atoms with Crippen LogP contribution in [-0.2, 0) is 11.8 Å². The van der Waals surface area contributed by atoms with E-state index in [2.05, 4.69) is 27.9 Å². The van der Waals surface area contributed by atoms with Crippen molar-refractivity contribution in [2.75, 3.05) is 20.3 Å². The quantitative estimate of drug-likeness (QED) is 0.807. The molecule has 0 aliphatic rings. The third-order valence-corrected chi connectivity index (χ3v) is 3.54. The molecule has 1 heterocycles. The van der Waals surface area contributed by atoms with Crippen molar-refractivity contribution in [3.8, 4) is 0 Å². The summed E-state index contributed by atoms with van der Waals surface area (Å²) in [5.74, 6) is 0.991. The van der Waals surface area contributed by atoms with E-state index in [9.17, 15) is 0 Å². The van der Waals surface area contributed by atoms with Crippen LogP contribution in [0.4, 0.5) is 0 Å². The van der Waals surface area contributed by atoms with Crippen molar-refractivity contribution in [1.82, 2.24) is 14.9 Å². The number of nitrogens with zero attached hydrogens (tertiary/aromatic N) is 2. The third kappa shape index (κ3) is 3.17. The Morgan fingerprint density at radius 1 is 1.40 bits per heavy atom. The topological polar surface area (TPSA) is 59.3 Å². The van der Waals surface area contributed by atoms with Crippen LogP contribution in [0.5, 0.6) is 0 Å². The average molecular weight is 277 g/mol. The first-order valence-electron chi connectivity index (χ1n) is 6.94. The Morgan fingerprint density at radius 3 is 2.80 bits per heavy atom. The summed E-state index contributed by atoms with van der Waals surface area (Å²) in [6.45, 7) is 2.81. The SMILES string of the molecule is COCC(CCO)NC(C)c1nc2ccccc2n1C. The number of nitrogens with one attached hydrogen (secondary N) is 1. The van der Waals surface area contributed by atoms with Crippen LogP contribution in [-0.4, -0.2) is 41.0 Å². The zero-order chi connectivity index (χ0) is 14.5. The van der Waals surface area contributed by atoms with Gasteiger partial charge in [-0.15, -0.1) is 0 Å². The lowest BCUT2D eigenvalue weighted by molar-refractivity contribution is 0.143. The Hall–Kier alpha value is -1.43. The number of imidazole rings is 1. The molecule has 1 aromatic carbocycles. The highest BCUT2D eigenvalue weighted by atomic mass is 16.5. The summed E-state index contributed by atoms with van der Waals surface area (Å²) in [6.07, 6.45) is 0.669. The molecule has 0 aliphatic heterocycles. The molecule has 0 saturated heterocycles. The van der Waals surface area contributed by atoms with Crippen LogP contribution in [0.3, 0.4) is 0 Å². The molecule has 2 unspecified atom stereocenters. The molecule has 20 heavy (non-hydrogen) atoms. The van der Waals surface area contributed by atoms with Crippen LogP contribution >= 0.6 is 0 Å². The maximum absolute atomic E-state index is 9.10. The third-order valence-electron chi connectivity index (χ3n) is 3.54. The first kappa shape index (κ1) is 15.0. The fraction of sp³-hybridized carbons (Fsp3) is 0.533. The molecule has 2 N–H and O–H groups in total. The minimum Gasteiger partial charge on any atom is -0.396 e. The second kappa shape index (κ2) is 6.83. The molecule has 0 aliphatic carbocycles. The normalized spacial score (nSPS) is 14.6. The summed E-state index contributed by atoms with van der Waals surface area (Å²) in [6, 6.07) is 8.33. The summed E-state index contributed by atoms with van der Waals surface area (Å²) >= 11 is 0. The van der Waals surface area contributed by atoms with Crippen molar-refractivity contribution < 1.29 is 9.84 Å². The molecule has 0 saturated carbocycles. The molecule has 0 spiro atoms. The number of aliphatic hydroxyl groups excluding tert-OH is 1. The lowest BCUT2D eigenvalue weighted by atomic mass is 10.2. The second-order valence-electron chi connectivity index (χ2n) is 5.07. The van der Waals surface area contributed by atoms with Gasteiger partial charge in [-0.25, -0.2) is 4.98 Å². The smallest absolute Gasteiger partial charge is 0.126 e. The maximum atomic E-state index is 9.10. The monoisotopic (exact) mass is 277 g/mol. The van der Waals surface area contributed by atoms with E-state index in [1.807, 2.05) is 25.2 Å². The van der Waals surface area contributed by atoms with Crippen molar-refractivity contribution in [1.29, 1.82) is 0 Å². The van der Waals surface area contributed by atoms with Gasteiger partial charge in [0, 0.05) is 26.8 Å². The van der Waals surface area contributed by atoms with E-state index in [4.69, 9.17) is 9.84 Å². The fourth-order valence-corrected chi connectivity index (χ4v) is 2.55. The summed E-state index contributed by atoms with van der Waals surface area (Å²) in [7, 11) is 3.70. The highest BCUT2D eigenvalue weighted by Crippen LogP contribution is 2.19. The molecule has 0 bridgehead atoms. The number of ether oxygens (including phenoxy) is 1. The standard InChI is InChI=1S/C15H23N3O2/c1-11(16-12(8-9-19)10-20-3)15-17-13-6-4-5-7-14(13)18(15)2/h4-7,11-12,16,19H,8-10H2,1-3H3. The number of hydrogen-bond acceptors (Lipinski definition) is 4. The second-order valence-corrected chi connectivity index (χ2v) is 5.07. The van der Waals surface area contributed by atoms with Gasteiger partial charge >= 0.3 is 0 Å². The van der Waals surface area contributed by atoms with E-state index in [0.717, 1.165) is 16.9 Å². The molecule has 2 aromatic rings. The van der Waals surface area contributed by atoms with Crippen molar-refractivity contribution >= 4 is 11.0 Å². The minimum absolute atomic E-state index is 0.0964. The van der Waals surface area contributed by atoms with Crippen LogP contribution in [0.15, 0.2) is 24.3 Å². The Kier molecular flexibility index (Phi) is 5.11. The molecule has 5 heteroatoms. The number of methoxy groups -OCH3 is 1. The van der Waals surface area contributed by atoms with Gasteiger partial charge in [-0.05, 0) is 25.5 Å². The van der Waals surface area contributed by atoms with Crippen LogP contribution in [0, 0.1) is 0 Å². The molecule has 0 amide bonds. The van der Waals surface area contributed by atoms with Crippen LogP contribution in [0.2, 0.25) is 0 Å². The van der Waals surface area contributed by atoms with Gasteiger partial charge in [-0.3, -0.25) is 0 Å². The Bertz CT molecular complexity index is 547. The highest BCUT2D eigenvalue weighted by molar-refractivity contribution is 5.75. The average Bonchev–Trinajstić information content (AvgIpc) is 2.77. The lowest BCUT2D eigenvalue weighted by Crippen LogP contribution is -2.36. The number of para-hydroxylation sites is 2. The lowest BCUT2D eigenvalue weighted by Gasteiger charge is -2.22. The van der Waals surface area contributed by atoms with Gasteiger partial charge in [0.05, 0.1) is 23.7 Å². The largest absolute Gasteiger partial charge is 0.396 e. The van der Waals surface area contributed by atoms with Crippen LogP contribution < -0.4 is 5.32 Å². The number of rotatable bonds is 7. The zero-order valence-electron chi connectivity index (χ0n) is 12.3. The zero-order valence-corrected chi connectivity index (χ0v) is 12.3. The van der Waals surface area contributed by atoms with E-state index in [-0.39, 0.29) is 18.7 Å². The molecule has 1 aromatic heterocycles. The van der Waals surface area contributed by atoms with Crippen LogP contribution in [0.1, 0.15) is 25.2 Å². The van der Waals surface area contributed by atoms with Crippen molar-refractivity contribution in [3.05, 3.63) is 30.1 Å². The first-order valence-corrected chi connectivity index (χ1v) is 6.94. The summed E-state index contributed by atoms with van der Waals surface area (Å²) in [5, 5.41) is 12.6. The van der Waals surface area contributed by atoms with E-state index >= 15 is 0 Å². The first-order chi connectivity index (χ1) is 9.67. The number of benzene rings is 1. The molecular formula is C15H23N3O2. The number of aryl methyl sites for hydroxylation is 1. The highest BCUT2D eigenvalue weighted by Gasteiger charge is 2.17. The molecule has 2 atom stereocenters. The predicted molar refractivity (Wildman–Crippen MR) is 79.6 cm³/mol. The molecule has 0 radical (unpaired) electrons. The van der Waals surface area contributed by atoms with E-state index in [1.165, 1.54) is 0 Å². The van der Waals surface area contributed by atoms with E-state index in [0.29, 0.717) is 13.0 Å². The summed E-state index contributed by atoms with van der Waals surface area (Å²) in [5.41, 5.74) is 2.13. The molecule has 5 nitrogen and oxygen atoms in total. The molecule has 0 fully saturated rings. The Labute approximate surface area is 119 Å². The van der Waals surface area contributed by atoms with Gasteiger partial charge in [0.25, 0.3) is 0 Å². The van der Waals surface area contributed by atoms with Crippen molar-refractivity contribution in [3.63, 3.8) is 0 Å². The van der Waals surface area contributed by atoms with E-state index in [1.54, 1.807) is 7.11 Å². The number of aromatic nitrogens is 2. The predicted octanol–water partition coefficient (Wildman–Crippen LogP) is 1.62. The number of aliphatic hydroxyl groups is 1. The maximum Gasteiger partial charge on any atom is 0.126 e. The summed E-state index contributed by atoms with van der Waals surface area (Å²) in [4.78, 5) is 4.68. The molecule has 110 valence electrons. The Morgan fingerprint density at radius 2 is 2.15 bits per heavy atom. The minimum atomic E-state index is 0.0964. The van der Waals surface area contributed by atoms with Gasteiger partial charge in [-0.1, -0.05) is 12.1 Å². The molecule has 2 rings (SSSR count). The van der Waals surface area contributed by atoms with Crippen LogP contribution in [0.25, 0.3) is 11.0 Å². The van der Waals surface area contributed by atoms with E-state index < -0.39 is 0 Å². The van der Waals surface area contributed by atoms with Gasteiger partial charge in [0.1, 0.15) is 5.82 Å². The van der Waals surface area contributed by atoms with Gasteiger partial charge in [0.15, 0.2) is 0 Å². The van der Waals surface area contributed by atoms with Crippen molar-refractivity contribution in [2.24, 2.45) is 7.05 Å². The van der Waals surface area contributed by atoms with Crippen molar-refractivity contribution in [2.45, 2.75) is 25.4 Å². The number of fused-ring (bicyclic) bond motifs is 1. The Balaban J connectivity index is 2.17. The van der Waals surface area contributed by atoms with Gasteiger partial charge in [-0.2, -0.15) is 0 Å². The summed E-state index contributed by atoms with van der Waals surface area (Å²) < 4.78 is 7.29.